The molecule has 2 N–H and O–H groups in total. The molecule has 144 valence electrons. The highest BCUT2D eigenvalue weighted by atomic mass is 16.6. The van der Waals surface area contributed by atoms with Crippen molar-refractivity contribution in [3.63, 3.8) is 0 Å². The van der Waals surface area contributed by atoms with Gasteiger partial charge in [0.05, 0.1) is 5.52 Å². The lowest BCUT2D eigenvalue weighted by molar-refractivity contribution is 0.140. The maximum atomic E-state index is 12.3. The minimum absolute atomic E-state index is 0.191. The number of pyridine rings is 1. The fraction of sp³-hybridized carbons (Fsp3) is 0.238. The second-order valence-electron chi connectivity index (χ2n) is 6.45. The number of carbonyl (C=O) groups excluding carboxylic acids is 1. The van der Waals surface area contributed by atoms with E-state index in [0.717, 1.165) is 10.9 Å². The molecule has 3 aromatic rings. The van der Waals surface area contributed by atoms with Crippen molar-refractivity contribution < 1.29 is 19.0 Å². The molecule has 4 rings (SSSR count). The summed E-state index contributed by atoms with van der Waals surface area (Å²) in [7, 11) is 0. The van der Waals surface area contributed by atoms with Crippen LogP contribution in [0.25, 0.3) is 10.9 Å². The number of hydrogen-bond donors (Lipinski definition) is 2. The van der Waals surface area contributed by atoms with Crippen molar-refractivity contribution in [1.29, 1.82) is 0 Å². The lowest BCUT2D eigenvalue weighted by Crippen LogP contribution is -2.28. The lowest BCUT2D eigenvalue weighted by atomic mass is 10.1. The minimum atomic E-state index is -0.513. The maximum absolute atomic E-state index is 12.3. The summed E-state index contributed by atoms with van der Waals surface area (Å²) >= 11 is 0. The molecule has 0 spiro atoms. The van der Waals surface area contributed by atoms with Crippen LogP contribution in [0.1, 0.15) is 11.1 Å². The quantitative estimate of drug-likeness (QED) is 0.710. The second-order valence-corrected chi connectivity index (χ2v) is 6.45. The van der Waals surface area contributed by atoms with Crippen molar-refractivity contribution in [2.45, 2.75) is 13.0 Å². The molecule has 0 unspecified atom stereocenters. The predicted molar refractivity (Wildman–Crippen MR) is 104 cm³/mol. The first kappa shape index (κ1) is 17.9. The first-order chi connectivity index (χ1) is 13.7. The highest BCUT2D eigenvalue weighted by molar-refractivity contribution is 5.83. The summed E-state index contributed by atoms with van der Waals surface area (Å²) < 4.78 is 16.3. The van der Waals surface area contributed by atoms with Gasteiger partial charge < -0.3 is 24.5 Å². The van der Waals surface area contributed by atoms with Gasteiger partial charge >= 0.3 is 6.09 Å². The van der Waals surface area contributed by atoms with Crippen LogP contribution in [0.5, 0.6) is 11.5 Å². The Morgan fingerprint density at radius 1 is 1.07 bits per heavy atom. The van der Waals surface area contributed by atoms with E-state index in [0.29, 0.717) is 48.8 Å². The van der Waals surface area contributed by atoms with Crippen molar-refractivity contribution in [1.82, 2.24) is 10.3 Å². The van der Waals surface area contributed by atoms with Crippen LogP contribution in [0.15, 0.2) is 53.3 Å². The average molecular weight is 380 g/mol. The van der Waals surface area contributed by atoms with Crippen LogP contribution >= 0.6 is 0 Å². The van der Waals surface area contributed by atoms with E-state index in [9.17, 15) is 9.59 Å². The first-order valence-corrected chi connectivity index (χ1v) is 9.09. The molecule has 1 aliphatic heterocycles. The molecule has 7 nitrogen and oxygen atoms in total. The number of amides is 1. The molecule has 28 heavy (non-hydrogen) atoms. The van der Waals surface area contributed by atoms with Gasteiger partial charge in [-0.15, -0.1) is 0 Å². The number of benzene rings is 2. The van der Waals surface area contributed by atoms with Crippen LogP contribution < -0.4 is 20.3 Å². The summed E-state index contributed by atoms with van der Waals surface area (Å²) in [6.07, 6.45) is -0.124. The molecular formula is C21H20N2O5. The largest absolute Gasteiger partial charge is 0.486 e. The number of carbonyl (C=O) groups is 1. The lowest BCUT2D eigenvalue weighted by Gasteiger charge is -2.18. The molecule has 1 aromatic heterocycles. The zero-order valence-electron chi connectivity index (χ0n) is 15.2. The summed E-state index contributed by atoms with van der Waals surface area (Å²) in [6, 6.07) is 14.9. The van der Waals surface area contributed by atoms with Crippen LogP contribution in [-0.4, -0.2) is 30.8 Å². The van der Waals surface area contributed by atoms with E-state index in [1.807, 2.05) is 42.5 Å². The van der Waals surface area contributed by atoms with Crippen molar-refractivity contribution in [3.8, 4) is 11.5 Å². The molecule has 2 aromatic carbocycles. The third-order valence-corrected chi connectivity index (χ3v) is 4.46. The molecule has 0 saturated carbocycles. The van der Waals surface area contributed by atoms with Gasteiger partial charge in [0, 0.05) is 23.6 Å². The van der Waals surface area contributed by atoms with Crippen LogP contribution in [-0.2, 0) is 17.8 Å². The van der Waals surface area contributed by atoms with Crippen LogP contribution in [0, 0.1) is 0 Å². The van der Waals surface area contributed by atoms with E-state index in [-0.39, 0.29) is 12.2 Å². The Labute approximate surface area is 161 Å². The molecule has 1 aliphatic rings. The molecule has 0 fully saturated rings. The molecule has 1 amide bonds. The summed E-state index contributed by atoms with van der Waals surface area (Å²) in [5, 5.41) is 3.52. The van der Waals surface area contributed by atoms with E-state index in [2.05, 4.69) is 10.3 Å². The standard InChI is InChI=1S/C21H20N2O5/c24-20-15(6-7-22-21(25)28-13-14-4-2-1-3-5-14)10-16-11-18-19(12-17(16)23-20)27-9-8-26-18/h1-5,10-12H,6-9,13H2,(H,22,25)(H,23,24). The molecule has 0 saturated heterocycles. The smallest absolute Gasteiger partial charge is 0.407 e. The van der Waals surface area contributed by atoms with Gasteiger partial charge in [0.1, 0.15) is 19.8 Å². The van der Waals surface area contributed by atoms with Crippen LogP contribution in [0.2, 0.25) is 0 Å². The summed E-state index contributed by atoms with van der Waals surface area (Å²) in [6.45, 7) is 1.50. The Morgan fingerprint density at radius 3 is 2.61 bits per heavy atom. The number of nitrogens with one attached hydrogen (secondary N) is 2. The maximum Gasteiger partial charge on any atom is 0.407 e. The molecular weight excluding hydrogens is 360 g/mol. The van der Waals surface area contributed by atoms with E-state index in [1.54, 1.807) is 6.07 Å². The Balaban J connectivity index is 1.37. The van der Waals surface area contributed by atoms with E-state index < -0.39 is 6.09 Å². The zero-order valence-corrected chi connectivity index (χ0v) is 15.2. The highest BCUT2D eigenvalue weighted by Crippen LogP contribution is 2.33. The van der Waals surface area contributed by atoms with Gasteiger partial charge in [0.25, 0.3) is 5.56 Å². The molecule has 0 aliphatic carbocycles. The van der Waals surface area contributed by atoms with Crippen LogP contribution in [0.4, 0.5) is 4.79 Å². The Hall–Kier alpha value is -3.48. The number of hydrogen-bond acceptors (Lipinski definition) is 5. The van der Waals surface area contributed by atoms with Gasteiger partial charge in [-0.2, -0.15) is 0 Å². The predicted octanol–water partition coefficient (Wildman–Crippen LogP) is 2.77. The highest BCUT2D eigenvalue weighted by Gasteiger charge is 2.14. The topological polar surface area (TPSA) is 89.7 Å². The van der Waals surface area contributed by atoms with Gasteiger partial charge in [-0.1, -0.05) is 30.3 Å². The van der Waals surface area contributed by atoms with Crippen molar-refractivity contribution in [3.05, 3.63) is 70.0 Å². The monoisotopic (exact) mass is 380 g/mol. The van der Waals surface area contributed by atoms with E-state index >= 15 is 0 Å². The van der Waals surface area contributed by atoms with Crippen molar-refractivity contribution in [2.75, 3.05) is 19.8 Å². The number of aromatic amines is 1. The minimum Gasteiger partial charge on any atom is -0.486 e. The van der Waals surface area contributed by atoms with Crippen molar-refractivity contribution >= 4 is 17.0 Å². The average Bonchev–Trinajstić information content (AvgIpc) is 2.72. The molecule has 0 radical (unpaired) electrons. The van der Waals surface area contributed by atoms with Gasteiger partial charge in [0.15, 0.2) is 11.5 Å². The SMILES string of the molecule is O=C(NCCc1cc2cc3c(cc2[nH]c1=O)OCCO3)OCc1ccccc1. The summed E-state index contributed by atoms with van der Waals surface area (Å²) in [5.41, 5.74) is 1.99. The number of ether oxygens (including phenoxy) is 3. The van der Waals surface area contributed by atoms with Crippen molar-refractivity contribution in [2.24, 2.45) is 0 Å². The number of H-pyrrole nitrogens is 1. The fourth-order valence-electron chi connectivity index (χ4n) is 3.05. The number of rotatable bonds is 5. The zero-order chi connectivity index (χ0) is 19.3. The Kier molecular flexibility index (Phi) is 5.14. The van der Waals surface area contributed by atoms with Gasteiger partial charge in [-0.05, 0) is 24.1 Å². The third kappa shape index (κ3) is 4.09. The van der Waals surface area contributed by atoms with E-state index in [1.165, 1.54) is 0 Å². The molecule has 7 heteroatoms. The second kappa shape index (κ2) is 8.04. The third-order valence-electron chi connectivity index (χ3n) is 4.46. The first-order valence-electron chi connectivity index (χ1n) is 9.09. The number of alkyl carbamates (subject to hydrolysis) is 1. The van der Waals surface area contributed by atoms with E-state index in [4.69, 9.17) is 14.2 Å². The number of fused-ring (bicyclic) bond motifs is 2. The fourth-order valence-corrected chi connectivity index (χ4v) is 3.05. The number of aromatic nitrogens is 1. The Bertz CT molecular complexity index is 1050. The normalized spacial score (nSPS) is 12.6. The molecule has 0 bridgehead atoms. The Morgan fingerprint density at radius 2 is 1.82 bits per heavy atom. The van der Waals surface area contributed by atoms with Gasteiger partial charge in [-0.25, -0.2) is 4.79 Å². The molecule has 0 atom stereocenters. The summed E-state index contributed by atoms with van der Waals surface area (Å²) in [5.74, 6) is 1.30. The molecule has 2 heterocycles. The van der Waals surface area contributed by atoms with Gasteiger partial charge in [0.2, 0.25) is 0 Å². The van der Waals surface area contributed by atoms with Gasteiger partial charge in [-0.3, -0.25) is 4.79 Å². The summed E-state index contributed by atoms with van der Waals surface area (Å²) in [4.78, 5) is 27.0. The van der Waals surface area contributed by atoms with Crippen LogP contribution in [0.3, 0.4) is 0 Å².